The zero-order valence-electron chi connectivity index (χ0n) is 7.89. The Hall–Kier alpha value is -0.720. The van der Waals surface area contributed by atoms with E-state index in [4.69, 9.17) is 4.74 Å². The summed E-state index contributed by atoms with van der Waals surface area (Å²) in [6, 6.07) is 0. The van der Waals surface area contributed by atoms with Gasteiger partial charge in [0.05, 0.1) is 5.76 Å². The molecule has 1 nitrogen and oxygen atoms in total. The molecule has 0 N–H and O–H groups in total. The highest BCUT2D eigenvalue weighted by Gasteiger charge is 2.38. The molecule has 0 aromatic heterocycles. The van der Waals surface area contributed by atoms with E-state index in [1.54, 1.807) is 11.1 Å². The van der Waals surface area contributed by atoms with Gasteiger partial charge in [-0.25, -0.2) is 0 Å². The van der Waals surface area contributed by atoms with Crippen molar-refractivity contribution in [2.24, 2.45) is 5.92 Å². The maximum atomic E-state index is 5.65. The first-order chi connectivity index (χ1) is 5.72. The summed E-state index contributed by atoms with van der Waals surface area (Å²) < 4.78 is 5.65. The number of fused-ring (bicyclic) bond motifs is 1. The van der Waals surface area contributed by atoms with E-state index in [0.717, 1.165) is 18.6 Å². The van der Waals surface area contributed by atoms with Gasteiger partial charge in [-0.15, -0.1) is 0 Å². The number of allylic oxidation sites excluding steroid dienone is 1. The molecule has 0 aromatic carbocycles. The molecule has 66 valence electrons. The Balaban J connectivity index is 2.22. The van der Waals surface area contributed by atoms with E-state index in [-0.39, 0.29) is 0 Å². The maximum absolute atomic E-state index is 5.65. The SMILES string of the molecule is C=C1C[C@H]2C(CC)=C(C)C[C@H]2O1. The van der Waals surface area contributed by atoms with Gasteiger partial charge in [0.2, 0.25) is 0 Å². The van der Waals surface area contributed by atoms with Crippen molar-refractivity contribution in [3.8, 4) is 0 Å². The summed E-state index contributed by atoms with van der Waals surface area (Å²) in [5, 5.41) is 0. The van der Waals surface area contributed by atoms with Crippen molar-refractivity contribution in [3.05, 3.63) is 23.5 Å². The van der Waals surface area contributed by atoms with E-state index >= 15 is 0 Å². The van der Waals surface area contributed by atoms with E-state index in [0.29, 0.717) is 12.0 Å². The van der Waals surface area contributed by atoms with Gasteiger partial charge in [0.25, 0.3) is 0 Å². The first kappa shape index (κ1) is 7.90. The van der Waals surface area contributed by atoms with Crippen LogP contribution in [0.4, 0.5) is 0 Å². The predicted octanol–water partition coefficient (Wildman–Crippen LogP) is 3.04. The quantitative estimate of drug-likeness (QED) is 0.541. The molecule has 12 heavy (non-hydrogen) atoms. The van der Waals surface area contributed by atoms with Crippen LogP contribution in [0.1, 0.15) is 33.1 Å². The van der Waals surface area contributed by atoms with E-state index in [1.165, 1.54) is 6.42 Å². The summed E-state index contributed by atoms with van der Waals surface area (Å²) in [5.74, 6) is 1.66. The van der Waals surface area contributed by atoms with Gasteiger partial charge >= 0.3 is 0 Å². The van der Waals surface area contributed by atoms with Crippen molar-refractivity contribution in [3.63, 3.8) is 0 Å². The third-order valence-electron chi connectivity index (χ3n) is 3.10. The molecule has 1 fully saturated rings. The Morgan fingerprint density at radius 3 is 2.92 bits per heavy atom. The van der Waals surface area contributed by atoms with Crippen LogP contribution in [0.25, 0.3) is 0 Å². The van der Waals surface area contributed by atoms with Gasteiger partial charge < -0.3 is 4.74 Å². The van der Waals surface area contributed by atoms with Crippen LogP contribution in [0.5, 0.6) is 0 Å². The Morgan fingerprint density at radius 1 is 1.50 bits per heavy atom. The van der Waals surface area contributed by atoms with Crippen molar-refractivity contribution >= 4 is 0 Å². The lowest BCUT2D eigenvalue weighted by atomic mass is 9.95. The van der Waals surface area contributed by atoms with Gasteiger partial charge in [0.15, 0.2) is 0 Å². The number of hydrogen-bond donors (Lipinski definition) is 0. The van der Waals surface area contributed by atoms with Crippen LogP contribution in [0.3, 0.4) is 0 Å². The van der Waals surface area contributed by atoms with E-state index in [1.807, 2.05) is 0 Å². The number of hydrogen-bond acceptors (Lipinski definition) is 1. The second-order valence-electron chi connectivity index (χ2n) is 3.87. The molecule has 0 aromatic rings. The average Bonchev–Trinajstić information content (AvgIpc) is 2.43. The zero-order chi connectivity index (χ0) is 8.72. The average molecular weight is 164 g/mol. The molecule has 1 saturated heterocycles. The molecular formula is C11H16O. The van der Waals surface area contributed by atoms with Crippen molar-refractivity contribution in [1.82, 2.24) is 0 Å². The van der Waals surface area contributed by atoms with Crippen LogP contribution in [-0.2, 0) is 4.74 Å². The van der Waals surface area contributed by atoms with Crippen molar-refractivity contribution in [2.45, 2.75) is 39.2 Å². The predicted molar refractivity (Wildman–Crippen MR) is 49.7 cm³/mol. The van der Waals surface area contributed by atoms with E-state index < -0.39 is 0 Å². The Morgan fingerprint density at radius 2 is 2.25 bits per heavy atom. The van der Waals surface area contributed by atoms with Crippen LogP contribution >= 0.6 is 0 Å². The third-order valence-corrected chi connectivity index (χ3v) is 3.10. The summed E-state index contributed by atoms with van der Waals surface area (Å²) in [7, 11) is 0. The van der Waals surface area contributed by atoms with Gasteiger partial charge in [-0.05, 0) is 13.3 Å². The lowest BCUT2D eigenvalue weighted by molar-refractivity contribution is 0.150. The highest BCUT2D eigenvalue weighted by Crippen LogP contribution is 2.44. The fourth-order valence-corrected chi connectivity index (χ4v) is 2.57. The largest absolute Gasteiger partial charge is 0.494 e. The molecule has 0 bridgehead atoms. The molecule has 2 aliphatic rings. The summed E-state index contributed by atoms with van der Waals surface area (Å²) in [5.41, 5.74) is 3.18. The van der Waals surface area contributed by atoms with Crippen LogP contribution in [0, 0.1) is 5.92 Å². The molecule has 1 aliphatic carbocycles. The topological polar surface area (TPSA) is 9.23 Å². The van der Waals surface area contributed by atoms with Crippen molar-refractivity contribution in [2.75, 3.05) is 0 Å². The smallest absolute Gasteiger partial charge is 0.109 e. The second-order valence-corrected chi connectivity index (χ2v) is 3.87. The van der Waals surface area contributed by atoms with E-state index in [9.17, 15) is 0 Å². The van der Waals surface area contributed by atoms with Crippen LogP contribution < -0.4 is 0 Å². The molecule has 0 saturated carbocycles. The molecule has 0 spiro atoms. The summed E-state index contributed by atoms with van der Waals surface area (Å²) >= 11 is 0. The van der Waals surface area contributed by atoms with Gasteiger partial charge in [0.1, 0.15) is 6.10 Å². The minimum absolute atomic E-state index is 0.437. The Bertz CT molecular complexity index is 250. The van der Waals surface area contributed by atoms with E-state index in [2.05, 4.69) is 20.4 Å². The van der Waals surface area contributed by atoms with Gasteiger partial charge in [0, 0.05) is 18.8 Å². The number of ether oxygens (including phenoxy) is 1. The summed E-state index contributed by atoms with van der Waals surface area (Å²) in [6.07, 6.45) is 3.81. The molecule has 2 rings (SSSR count). The second kappa shape index (κ2) is 2.65. The van der Waals surface area contributed by atoms with Gasteiger partial charge in [-0.3, -0.25) is 0 Å². The van der Waals surface area contributed by atoms with Crippen LogP contribution in [0.15, 0.2) is 23.5 Å². The maximum Gasteiger partial charge on any atom is 0.109 e. The van der Waals surface area contributed by atoms with Crippen LogP contribution in [0.2, 0.25) is 0 Å². The minimum Gasteiger partial charge on any atom is -0.494 e. The van der Waals surface area contributed by atoms with Crippen LogP contribution in [-0.4, -0.2) is 6.10 Å². The fraction of sp³-hybridized carbons (Fsp3) is 0.636. The number of rotatable bonds is 1. The monoisotopic (exact) mass is 164 g/mol. The molecule has 0 unspecified atom stereocenters. The first-order valence-corrected chi connectivity index (χ1v) is 4.75. The molecule has 0 radical (unpaired) electrons. The summed E-state index contributed by atoms with van der Waals surface area (Å²) in [4.78, 5) is 0. The highest BCUT2D eigenvalue weighted by atomic mass is 16.5. The standard InChI is InChI=1S/C11H16O/c1-4-9-7(2)5-11-10(9)6-8(3)12-11/h10-11H,3-6H2,1-2H3/t10-,11+/m0/s1. The van der Waals surface area contributed by atoms with Crippen molar-refractivity contribution < 1.29 is 4.74 Å². The molecule has 1 heterocycles. The summed E-state index contributed by atoms with van der Waals surface area (Å²) in [6.45, 7) is 8.36. The zero-order valence-corrected chi connectivity index (χ0v) is 7.89. The normalized spacial score (nSPS) is 34.0. The lowest BCUT2D eigenvalue weighted by Crippen LogP contribution is -2.10. The highest BCUT2D eigenvalue weighted by molar-refractivity contribution is 5.27. The van der Waals surface area contributed by atoms with Crippen molar-refractivity contribution in [1.29, 1.82) is 0 Å². The molecule has 2 atom stereocenters. The molecule has 1 aliphatic heterocycles. The molecule has 1 heteroatoms. The van der Waals surface area contributed by atoms with Gasteiger partial charge in [-0.2, -0.15) is 0 Å². The Kier molecular flexibility index (Phi) is 1.75. The lowest BCUT2D eigenvalue weighted by Gasteiger charge is -2.09. The first-order valence-electron chi connectivity index (χ1n) is 4.75. The molecule has 0 amide bonds. The third kappa shape index (κ3) is 0.996. The van der Waals surface area contributed by atoms with Gasteiger partial charge in [-0.1, -0.05) is 24.6 Å². The Labute approximate surface area is 74.1 Å². The molecular weight excluding hydrogens is 148 g/mol. The minimum atomic E-state index is 0.437. The fourth-order valence-electron chi connectivity index (χ4n) is 2.57.